The molecule has 0 saturated carbocycles. The number of nitrogens with zero attached hydrogens (tertiary/aromatic N) is 3. The molecule has 1 saturated heterocycles. The monoisotopic (exact) mass is 423 g/mol. The zero-order valence-electron chi connectivity index (χ0n) is 17.6. The van der Waals surface area contributed by atoms with Crippen molar-refractivity contribution in [2.75, 3.05) is 26.2 Å². The number of carbonyl (C=O) groups excluding carboxylic acids is 3. The molecule has 0 aliphatic carbocycles. The molecule has 2 aromatic rings. The Morgan fingerprint density at radius 3 is 2.35 bits per heavy atom. The van der Waals surface area contributed by atoms with Gasteiger partial charge in [0.2, 0.25) is 5.78 Å². The first kappa shape index (κ1) is 22.3. The van der Waals surface area contributed by atoms with Crippen molar-refractivity contribution in [3.63, 3.8) is 0 Å². The summed E-state index contributed by atoms with van der Waals surface area (Å²) in [5.74, 6) is -3.20. The lowest BCUT2D eigenvalue weighted by molar-refractivity contribution is -0.385. The Hall–Kier alpha value is -3.39. The number of carbonyl (C=O) groups is 3. The maximum Gasteiger partial charge on any atom is 0.291 e. The van der Waals surface area contributed by atoms with Gasteiger partial charge in [0.1, 0.15) is 5.92 Å². The average molecular weight is 423 g/mol. The predicted octanol–water partition coefficient (Wildman–Crippen LogP) is 2.89. The molecule has 0 radical (unpaired) electrons. The summed E-state index contributed by atoms with van der Waals surface area (Å²) >= 11 is 0. The number of amides is 1. The average Bonchev–Trinajstić information content (AvgIpc) is 3.05. The molecule has 1 aliphatic rings. The van der Waals surface area contributed by atoms with Gasteiger partial charge >= 0.3 is 0 Å². The highest BCUT2D eigenvalue weighted by atomic mass is 16.6. The minimum absolute atomic E-state index is 0.154. The van der Waals surface area contributed by atoms with E-state index in [1.54, 1.807) is 36.4 Å². The number of rotatable bonds is 9. The van der Waals surface area contributed by atoms with E-state index in [0.29, 0.717) is 17.7 Å². The van der Waals surface area contributed by atoms with Gasteiger partial charge in [-0.15, -0.1) is 0 Å². The molecule has 8 nitrogen and oxygen atoms in total. The van der Waals surface area contributed by atoms with Crippen molar-refractivity contribution in [1.82, 2.24) is 9.80 Å². The number of ketones is 2. The second-order valence-electron chi connectivity index (χ2n) is 7.39. The van der Waals surface area contributed by atoms with Gasteiger partial charge in [-0.2, -0.15) is 0 Å². The summed E-state index contributed by atoms with van der Waals surface area (Å²) < 4.78 is 0. The van der Waals surface area contributed by atoms with E-state index in [4.69, 9.17) is 0 Å². The van der Waals surface area contributed by atoms with Crippen LogP contribution in [0.1, 0.15) is 35.8 Å². The van der Waals surface area contributed by atoms with E-state index in [0.717, 1.165) is 13.1 Å². The highest BCUT2D eigenvalue weighted by Gasteiger charge is 2.51. The van der Waals surface area contributed by atoms with Gasteiger partial charge < -0.3 is 9.80 Å². The van der Waals surface area contributed by atoms with E-state index in [9.17, 15) is 24.5 Å². The Morgan fingerprint density at radius 2 is 1.74 bits per heavy atom. The van der Waals surface area contributed by atoms with E-state index < -0.39 is 34.4 Å². The van der Waals surface area contributed by atoms with Crippen LogP contribution in [0.4, 0.5) is 5.69 Å². The van der Waals surface area contributed by atoms with Gasteiger partial charge in [0, 0.05) is 30.8 Å². The molecule has 0 bridgehead atoms. The Kier molecular flexibility index (Phi) is 6.91. The molecule has 2 atom stereocenters. The smallest absolute Gasteiger partial charge is 0.291 e. The number of Topliss-reactive ketones (excluding diaryl/α,β-unsaturated/α-hetero) is 2. The van der Waals surface area contributed by atoms with Gasteiger partial charge in [-0.05, 0) is 18.7 Å². The number of nitro benzene ring substituents is 1. The Labute approximate surface area is 180 Å². The number of nitro groups is 1. The zero-order chi connectivity index (χ0) is 22.5. The highest BCUT2D eigenvalue weighted by molar-refractivity contribution is 6.44. The topological polar surface area (TPSA) is 101 Å². The highest BCUT2D eigenvalue weighted by Crippen LogP contribution is 2.39. The summed E-state index contributed by atoms with van der Waals surface area (Å²) in [6.45, 7) is 6.34. The first-order valence-electron chi connectivity index (χ1n) is 10.3. The molecule has 162 valence electrons. The molecule has 2 aromatic carbocycles. The summed E-state index contributed by atoms with van der Waals surface area (Å²) in [4.78, 5) is 53.4. The minimum Gasteiger partial charge on any atom is -0.327 e. The molecule has 2 unspecified atom stereocenters. The van der Waals surface area contributed by atoms with Crippen molar-refractivity contribution < 1.29 is 19.3 Å². The first-order valence-corrected chi connectivity index (χ1v) is 10.3. The normalized spacial score (nSPS) is 18.6. The van der Waals surface area contributed by atoms with Crippen LogP contribution in [0.25, 0.3) is 0 Å². The van der Waals surface area contributed by atoms with Crippen molar-refractivity contribution in [2.24, 2.45) is 5.92 Å². The fourth-order valence-electron chi connectivity index (χ4n) is 3.99. The van der Waals surface area contributed by atoms with Crippen LogP contribution < -0.4 is 0 Å². The minimum atomic E-state index is -1.24. The predicted molar refractivity (Wildman–Crippen MR) is 115 cm³/mol. The van der Waals surface area contributed by atoms with Gasteiger partial charge in [-0.1, -0.05) is 56.3 Å². The van der Waals surface area contributed by atoms with Gasteiger partial charge in [-0.3, -0.25) is 24.5 Å². The molecule has 1 aliphatic heterocycles. The summed E-state index contributed by atoms with van der Waals surface area (Å²) in [6.07, 6.45) is 0. The number of hydrogen-bond donors (Lipinski definition) is 0. The molecule has 1 amide bonds. The largest absolute Gasteiger partial charge is 0.327 e. The third-order valence-corrected chi connectivity index (χ3v) is 5.72. The molecule has 8 heteroatoms. The van der Waals surface area contributed by atoms with Gasteiger partial charge in [0.15, 0.2) is 5.78 Å². The Balaban J connectivity index is 2.04. The van der Waals surface area contributed by atoms with Crippen molar-refractivity contribution in [3.8, 4) is 0 Å². The molecular weight excluding hydrogens is 398 g/mol. The molecule has 0 aromatic heterocycles. The van der Waals surface area contributed by atoms with E-state index in [-0.39, 0.29) is 12.2 Å². The lowest BCUT2D eigenvalue weighted by atomic mass is 9.86. The number of non-ortho nitro benzene ring substituents is 1. The number of benzene rings is 2. The maximum absolute atomic E-state index is 13.3. The van der Waals surface area contributed by atoms with Crippen molar-refractivity contribution in [1.29, 1.82) is 0 Å². The Morgan fingerprint density at radius 1 is 1.06 bits per heavy atom. The van der Waals surface area contributed by atoms with E-state index in [1.807, 2.05) is 13.8 Å². The van der Waals surface area contributed by atoms with Crippen LogP contribution in [-0.2, 0) is 9.59 Å². The fraction of sp³-hybridized carbons (Fsp3) is 0.348. The molecule has 0 N–H and O–H groups in total. The second kappa shape index (κ2) is 9.61. The molecule has 3 rings (SSSR count). The molecular formula is C23H25N3O5. The first-order chi connectivity index (χ1) is 14.9. The molecule has 31 heavy (non-hydrogen) atoms. The summed E-state index contributed by atoms with van der Waals surface area (Å²) in [6, 6.07) is 13.3. The molecule has 0 spiro atoms. The van der Waals surface area contributed by atoms with E-state index in [1.165, 1.54) is 23.1 Å². The van der Waals surface area contributed by atoms with Gasteiger partial charge in [0.05, 0.1) is 11.0 Å². The van der Waals surface area contributed by atoms with Crippen LogP contribution in [0, 0.1) is 16.0 Å². The summed E-state index contributed by atoms with van der Waals surface area (Å²) in [5.41, 5.74) is 0.579. The van der Waals surface area contributed by atoms with Crippen LogP contribution >= 0.6 is 0 Å². The summed E-state index contributed by atoms with van der Waals surface area (Å²) in [5, 5.41) is 11.3. The lowest BCUT2D eigenvalue weighted by Crippen LogP contribution is -2.38. The Bertz CT molecular complexity index is 988. The van der Waals surface area contributed by atoms with Crippen LogP contribution in [0.3, 0.4) is 0 Å². The third kappa shape index (κ3) is 4.54. The van der Waals surface area contributed by atoms with Crippen LogP contribution in [-0.4, -0.2) is 58.4 Å². The van der Waals surface area contributed by atoms with Crippen LogP contribution in [0.2, 0.25) is 0 Å². The second-order valence-corrected chi connectivity index (χ2v) is 7.39. The fourth-order valence-corrected chi connectivity index (χ4v) is 3.99. The SMILES string of the molecule is CCN(CC)CCN1C(=O)C(=O)C(C(=O)c2ccccc2)C1c1cccc([N+](=O)[O-])c1. The van der Waals surface area contributed by atoms with Crippen molar-refractivity contribution in [3.05, 3.63) is 75.8 Å². The standard InChI is InChI=1S/C23H25N3O5/c1-3-24(4-2)13-14-25-20(17-11-8-12-18(15-17)26(30)31)19(22(28)23(25)29)21(27)16-9-6-5-7-10-16/h5-12,15,19-20H,3-4,13-14H2,1-2H3. The zero-order valence-corrected chi connectivity index (χ0v) is 17.6. The van der Waals surface area contributed by atoms with Crippen LogP contribution in [0.5, 0.6) is 0 Å². The number of likely N-dealkylation sites (N-methyl/N-ethyl adjacent to an activating group) is 1. The molecule has 1 fully saturated rings. The summed E-state index contributed by atoms with van der Waals surface area (Å²) in [7, 11) is 0. The van der Waals surface area contributed by atoms with Gasteiger partial charge in [-0.25, -0.2) is 0 Å². The lowest BCUT2D eigenvalue weighted by Gasteiger charge is -2.29. The number of hydrogen-bond acceptors (Lipinski definition) is 6. The maximum atomic E-state index is 13.3. The van der Waals surface area contributed by atoms with Gasteiger partial charge in [0.25, 0.3) is 11.6 Å². The van der Waals surface area contributed by atoms with E-state index >= 15 is 0 Å². The quantitative estimate of drug-likeness (QED) is 0.202. The molecule has 1 heterocycles. The van der Waals surface area contributed by atoms with Crippen molar-refractivity contribution in [2.45, 2.75) is 19.9 Å². The van der Waals surface area contributed by atoms with Crippen molar-refractivity contribution >= 4 is 23.2 Å². The number of likely N-dealkylation sites (tertiary alicyclic amines) is 1. The van der Waals surface area contributed by atoms with Crippen LogP contribution in [0.15, 0.2) is 54.6 Å². The van der Waals surface area contributed by atoms with E-state index in [2.05, 4.69) is 4.90 Å². The third-order valence-electron chi connectivity index (χ3n) is 5.72.